The van der Waals surface area contributed by atoms with Crippen molar-refractivity contribution in [3.63, 3.8) is 0 Å². The fourth-order valence-corrected chi connectivity index (χ4v) is 6.17. The Morgan fingerprint density at radius 3 is 2.59 bits per heavy atom. The largest absolute Gasteiger partial charge is 0.377 e. The first-order valence-corrected chi connectivity index (χ1v) is 13.2. The number of carbonyl (C=O) groups is 1. The minimum absolute atomic E-state index is 0.0214. The van der Waals surface area contributed by atoms with E-state index in [9.17, 15) is 4.79 Å². The predicted molar refractivity (Wildman–Crippen MR) is 143 cm³/mol. The van der Waals surface area contributed by atoms with E-state index >= 15 is 0 Å². The van der Waals surface area contributed by atoms with E-state index in [-0.39, 0.29) is 17.9 Å². The topological polar surface area (TPSA) is 61.6 Å². The van der Waals surface area contributed by atoms with E-state index < -0.39 is 0 Å². The zero-order valence-electron chi connectivity index (χ0n) is 19.7. The summed E-state index contributed by atoms with van der Waals surface area (Å²) >= 11 is 19.0. The van der Waals surface area contributed by atoms with Crippen molar-refractivity contribution >= 4 is 52.1 Å². The van der Waals surface area contributed by atoms with Crippen molar-refractivity contribution < 1.29 is 4.79 Å². The zero-order chi connectivity index (χ0) is 24.4. The number of nitrogens with zero attached hydrogens (tertiary/aromatic N) is 2. The molecule has 8 heteroatoms. The Balaban J connectivity index is 1.44. The van der Waals surface area contributed by atoms with E-state index in [1.165, 1.54) is 0 Å². The number of amides is 1. The second-order valence-electron chi connectivity index (χ2n) is 9.65. The van der Waals surface area contributed by atoms with Crippen LogP contribution < -0.4 is 16.0 Å². The summed E-state index contributed by atoms with van der Waals surface area (Å²) in [6, 6.07) is 12.5. The number of nitrogens with two attached hydrogens (primary N) is 1. The van der Waals surface area contributed by atoms with Crippen LogP contribution in [0.3, 0.4) is 0 Å². The second-order valence-corrected chi connectivity index (χ2v) is 10.9. The van der Waals surface area contributed by atoms with Crippen molar-refractivity contribution in [3.05, 3.63) is 57.0 Å². The first kappa shape index (κ1) is 25.4. The van der Waals surface area contributed by atoms with Crippen LogP contribution in [0.5, 0.6) is 0 Å². The number of anilines is 2. The van der Waals surface area contributed by atoms with Gasteiger partial charge in [-0.05, 0) is 69.0 Å². The van der Waals surface area contributed by atoms with Crippen LogP contribution in [-0.2, 0) is 4.79 Å². The Labute approximate surface area is 217 Å². The van der Waals surface area contributed by atoms with Gasteiger partial charge in [0.1, 0.15) is 0 Å². The van der Waals surface area contributed by atoms with Crippen LogP contribution in [0.4, 0.5) is 11.4 Å². The van der Waals surface area contributed by atoms with Crippen LogP contribution in [0.1, 0.15) is 51.1 Å². The Hall–Kier alpha value is -1.66. The van der Waals surface area contributed by atoms with Crippen molar-refractivity contribution in [2.75, 3.05) is 29.9 Å². The highest BCUT2D eigenvalue weighted by Gasteiger charge is 2.33. The molecular formula is C26H33Cl3N4O. The molecule has 1 amide bonds. The molecule has 4 rings (SSSR count). The molecule has 4 atom stereocenters. The van der Waals surface area contributed by atoms with Crippen molar-refractivity contribution in [2.24, 2.45) is 11.7 Å². The summed E-state index contributed by atoms with van der Waals surface area (Å²) in [5.41, 5.74) is 8.59. The van der Waals surface area contributed by atoms with Crippen molar-refractivity contribution in [2.45, 2.75) is 57.7 Å². The Morgan fingerprint density at radius 1 is 1.09 bits per heavy atom. The summed E-state index contributed by atoms with van der Waals surface area (Å²) in [6.45, 7) is 7.20. The van der Waals surface area contributed by atoms with E-state index in [0.717, 1.165) is 62.3 Å². The lowest BCUT2D eigenvalue weighted by Gasteiger charge is -2.46. The van der Waals surface area contributed by atoms with Crippen molar-refractivity contribution in [1.82, 2.24) is 4.90 Å². The summed E-state index contributed by atoms with van der Waals surface area (Å²) in [7, 11) is 0. The predicted octanol–water partition coefficient (Wildman–Crippen LogP) is 6.37. The van der Waals surface area contributed by atoms with Crippen LogP contribution in [-0.4, -0.2) is 42.5 Å². The highest BCUT2D eigenvalue weighted by molar-refractivity contribution is 6.35. The highest BCUT2D eigenvalue weighted by Crippen LogP contribution is 2.35. The number of hydrogen-bond acceptors (Lipinski definition) is 4. The van der Waals surface area contributed by atoms with Gasteiger partial charge in [-0.25, -0.2) is 0 Å². The normalized spacial score (nSPS) is 24.6. The van der Waals surface area contributed by atoms with Crippen molar-refractivity contribution in [1.29, 1.82) is 0 Å². The molecule has 3 N–H and O–H groups in total. The number of hydrogen-bond donors (Lipinski definition) is 2. The number of benzene rings is 2. The Bertz CT molecular complexity index is 1030. The number of nitrogens with one attached hydrogen (secondary N) is 1. The lowest BCUT2D eigenvalue weighted by Crippen LogP contribution is -2.56. The number of rotatable bonds is 6. The molecule has 2 aliphatic rings. The second kappa shape index (κ2) is 10.9. The smallest absolute Gasteiger partial charge is 0.220 e. The molecule has 0 spiro atoms. The van der Waals surface area contributed by atoms with Crippen LogP contribution in [0.25, 0.3) is 0 Å². The molecule has 2 fully saturated rings. The summed E-state index contributed by atoms with van der Waals surface area (Å²) in [6.07, 6.45) is 4.05. The number of piperazine rings is 1. The van der Waals surface area contributed by atoms with Crippen LogP contribution in [0.15, 0.2) is 36.4 Å². The fourth-order valence-electron chi connectivity index (χ4n) is 5.42. The van der Waals surface area contributed by atoms with Gasteiger partial charge >= 0.3 is 0 Å². The Morgan fingerprint density at radius 2 is 1.88 bits per heavy atom. The maximum atomic E-state index is 11.7. The average molecular weight is 524 g/mol. The molecule has 1 unspecified atom stereocenters. The molecule has 0 aromatic heterocycles. The van der Waals surface area contributed by atoms with Crippen molar-refractivity contribution in [3.8, 4) is 0 Å². The summed E-state index contributed by atoms with van der Waals surface area (Å²) in [5.74, 6) is -0.125. The molecule has 5 nitrogen and oxygen atoms in total. The number of carbonyl (C=O) groups excluding carboxylic acids is 1. The van der Waals surface area contributed by atoms with Gasteiger partial charge in [-0.3, -0.25) is 9.69 Å². The minimum atomic E-state index is -0.147. The third-order valence-electron chi connectivity index (χ3n) is 7.31. The van der Waals surface area contributed by atoms with Gasteiger partial charge in [-0.2, -0.15) is 0 Å². The van der Waals surface area contributed by atoms with Gasteiger partial charge < -0.3 is 16.0 Å². The third-order valence-corrected chi connectivity index (χ3v) is 8.20. The molecule has 0 bridgehead atoms. The molecular weight excluding hydrogens is 491 g/mol. The minimum Gasteiger partial charge on any atom is -0.377 e. The highest BCUT2D eigenvalue weighted by atomic mass is 35.5. The summed E-state index contributed by atoms with van der Waals surface area (Å²) in [4.78, 5) is 16.7. The molecule has 34 heavy (non-hydrogen) atoms. The fraction of sp³-hybridized carbons (Fsp3) is 0.500. The van der Waals surface area contributed by atoms with E-state index in [1.807, 2.05) is 18.2 Å². The van der Waals surface area contributed by atoms with Gasteiger partial charge in [0, 0.05) is 53.4 Å². The molecule has 184 valence electrons. The summed E-state index contributed by atoms with van der Waals surface area (Å²) < 4.78 is 0. The van der Waals surface area contributed by atoms with Crippen LogP contribution in [0.2, 0.25) is 15.1 Å². The number of primary amides is 1. The lowest BCUT2D eigenvalue weighted by molar-refractivity contribution is -0.123. The lowest BCUT2D eigenvalue weighted by atomic mass is 9.84. The standard InChI is InChI=1S/C26H33Cl3N4O/c1-16-15-32(20-5-3-4-18(12-20)26(30)34)10-11-33(16)21-7-9-23(28)25(14-21)31-17(2)22-8-6-19(27)13-24(22)29/h6-9,13-14,16-18,20,31H,3-5,10-12,15H2,1-2H3,(H2,30,34)/t16-,17?,18-,20-/m0/s1. The van der Waals surface area contributed by atoms with E-state index in [4.69, 9.17) is 40.5 Å². The molecule has 2 aromatic carbocycles. The average Bonchev–Trinajstić information content (AvgIpc) is 2.80. The number of halogens is 3. The first-order chi connectivity index (χ1) is 16.2. The molecule has 1 heterocycles. The SMILES string of the molecule is CC(Nc1cc(N2CCN([C@H]3CCC[C@H](C(N)=O)C3)C[C@@H]2C)ccc1Cl)c1ccc(Cl)cc1Cl. The maximum absolute atomic E-state index is 11.7. The van der Waals surface area contributed by atoms with E-state index in [0.29, 0.717) is 27.2 Å². The Kier molecular flexibility index (Phi) is 8.19. The maximum Gasteiger partial charge on any atom is 0.220 e. The van der Waals surface area contributed by atoms with Gasteiger partial charge in [0.25, 0.3) is 0 Å². The van der Waals surface area contributed by atoms with E-state index in [1.54, 1.807) is 6.07 Å². The van der Waals surface area contributed by atoms with Gasteiger partial charge in [0.05, 0.1) is 16.8 Å². The third kappa shape index (κ3) is 5.76. The monoisotopic (exact) mass is 522 g/mol. The molecule has 1 aliphatic heterocycles. The molecule has 0 radical (unpaired) electrons. The van der Waals surface area contributed by atoms with Crippen LogP contribution in [0, 0.1) is 5.92 Å². The molecule has 1 saturated heterocycles. The first-order valence-electron chi connectivity index (χ1n) is 12.0. The quantitative estimate of drug-likeness (QED) is 0.461. The van der Waals surface area contributed by atoms with Gasteiger partial charge in [-0.1, -0.05) is 47.3 Å². The van der Waals surface area contributed by atoms with Gasteiger partial charge in [0.2, 0.25) is 5.91 Å². The summed E-state index contributed by atoms with van der Waals surface area (Å²) in [5, 5.41) is 5.44. The molecule has 1 aliphatic carbocycles. The van der Waals surface area contributed by atoms with Crippen LogP contribution >= 0.6 is 34.8 Å². The zero-order valence-corrected chi connectivity index (χ0v) is 22.0. The van der Waals surface area contributed by atoms with E-state index in [2.05, 4.69) is 41.1 Å². The molecule has 2 aromatic rings. The van der Waals surface area contributed by atoms with Gasteiger partial charge in [-0.15, -0.1) is 0 Å². The molecule has 1 saturated carbocycles. The van der Waals surface area contributed by atoms with Gasteiger partial charge in [0.15, 0.2) is 0 Å².